The summed E-state index contributed by atoms with van der Waals surface area (Å²) in [7, 11) is 3.33. The number of anilines is 1. The van der Waals surface area contributed by atoms with Crippen LogP contribution in [0.4, 0.5) is 5.95 Å². The summed E-state index contributed by atoms with van der Waals surface area (Å²) >= 11 is 0. The Balaban J connectivity index is 1.98. The van der Waals surface area contributed by atoms with Crippen molar-refractivity contribution < 1.29 is 9.47 Å². The number of rotatable bonds is 6. The Kier molecular flexibility index (Phi) is 3.95. The second-order valence-electron chi connectivity index (χ2n) is 3.80. The zero-order valence-corrected chi connectivity index (χ0v) is 10.1. The smallest absolute Gasteiger partial charge is 0.201 e. The van der Waals surface area contributed by atoms with E-state index in [2.05, 4.69) is 15.3 Å². The van der Waals surface area contributed by atoms with Gasteiger partial charge in [-0.05, 0) is 12.1 Å². The molecular formula is C12H17N3O2. The first kappa shape index (κ1) is 11.9. The molecular weight excluding hydrogens is 218 g/mol. The minimum Gasteiger partial charge on any atom is -0.382 e. The van der Waals surface area contributed by atoms with Crippen LogP contribution in [0.25, 0.3) is 11.0 Å². The molecule has 1 unspecified atom stereocenters. The van der Waals surface area contributed by atoms with Crippen LogP contribution in [0.5, 0.6) is 0 Å². The zero-order chi connectivity index (χ0) is 12.1. The van der Waals surface area contributed by atoms with Gasteiger partial charge in [0.1, 0.15) is 0 Å². The molecule has 0 aliphatic heterocycles. The Morgan fingerprint density at radius 2 is 2.18 bits per heavy atom. The summed E-state index contributed by atoms with van der Waals surface area (Å²) in [6.45, 7) is 1.22. The van der Waals surface area contributed by atoms with Crippen LogP contribution in [-0.2, 0) is 9.47 Å². The van der Waals surface area contributed by atoms with E-state index >= 15 is 0 Å². The molecule has 92 valence electrons. The van der Waals surface area contributed by atoms with E-state index < -0.39 is 0 Å². The van der Waals surface area contributed by atoms with E-state index in [4.69, 9.17) is 9.47 Å². The quantitative estimate of drug-likeness (QED) is 0.799. The van der Waals surface area contributed by atoms with Gasteiger partial charge in [-0.3, -0.25) is 0 Å². The molecule has 2 rings (SSSR count). The van der Waals surface area contributed by atoms with Crippen LogP contribution in [-0.4, -0.2) is 43.4 Å². The van der Waals surface area contributed by atoms with Gasteiger partial charge in [0.2, 0.25) is 5.95 Å². The molecule has 1 heterocycles. The molecule has 1 aromatic carbocycles. The van der Waals surface area contributed by atoms with Gasteiger partial charge in [-0.1, -0.05) is 12.1 Å². The molecule has 5 heteroatoms. The molecule has 2 aromatic rings. The predicted octanol–water partition coefficient (Wildman–Crippen LogP) is 1.64. The second kappa shape index (κ2) is 5.65. The number of nitrogens with one attached hydrogen (secondary N) is 2. The monoisotopic (exact) mass is 235 g/mol. The zero-order valence-electron chi connectivity index (χ0n) is 10.1. The Hall–Kier alpha value is -1.59. The van der Waals surface area contributed by atoms with Crippen LogP contribution in [0, 0.1) is 0 Å². The van der Waals surface area contributed by atoms with Crippen molar-refractivity contribution in [1.82, 2.24) is 9.97 Å². The fraction of sp³-hybridized carbons (Fsp3) is 0.417. The third-order valence-electron chi connectivity index (χ3n) is 2.57. The molecule has 0 spiro atoms. The standard InChI is InChI=1S/C12H17N3O2/c1-16-8-9(17-2)7-13-12-14-10-5-3-4-6-11(10)15-12/h3-6,9H,7-8H2,1-2H3,(H2,13,14,15). The van der Waals surface area contributed by atoms with Crippen LogP contribution in [0.1, 0.15) is 0 Å². The first-order valence-electron chi connectivity index (χ1n) is 5.54. The third-order valence-corrected chi connectivity index (χ3v) is 2.57. The van der Waals surface area contributed by atoms with Crippen molar-refractivity contribution in [3.05, 3.63) is 24.3 Å². The number of ether oxygens (including phenoxy) is 2. The number of methoxy groups -OCH3 is 2. The highest BCUT2D eigenvalue weighted by Crippen LogP contribution is 2.13. The van der Waals surface area contributed by atoms with Gasteiger partial charge in [0.05, 0.1) is 23.7 Å². The largest absolute Gasteiger partial charge is 0.382 e. The summed E-state index contributed by atoms with van der Waals surface area (Å²) < 4.78 is 10.3. The minimum absolute atomic E-state index is 0.0215. The highest BCUT2D eigenvalue weighted by Gasteiger charge is 2.08. The summed E-state index contributed by atoms with van der Waals surface area (Å²) in [6.07, 6.45) is 0.0215. The minimum atomic E-state index is 0.0215. The predicted molar refractivity (Wildman–Crippen MR) is 67.3 cm³/mol. The van der Waals surface area contributed by atoms with Crippen molar-refractivity contribution in [3.8, 4) is 0 Å². The molecule has 0 saturated carbocycles. The summed E-state index contributed by atoms with van der Waals surface area (Å²) in [5.41, 5.74) is 1.98. The van der Waals surface area contributed by atoms with E-state index in [0.717, 1.165) is 17.0 Å². The SMILES string of the molecule is COCC(CNc1nc2ccccc2[nH]1)OC. The molecule has 0 saturated heterocycles. The van der Waals surface area contributed by atoms with Gasteiger partial charge in [0.25, 0.3) is 0 Å². The number of fused-ring (bicyclic) bond motifs is 1. The number of hydrogen-bond acceptors (Lipinski definition) is 4. The fourth-order valence-electron chi connectivity index (χ4n) is 1.64. The lowest BCUT2D eigenvalue weighted by atomic mass is 10.3. The van der Waals surface area contributed by atoms with Crippen LogP contribution in [0.15, 0.2) is 24.3 Å². The lowest BCUT2D eigenvalue weighted by molar-refractivity contribution is 0.0365. The summed E-state index contributed by atoms with van der Waals surface area (Å²) in [6, 6.07) is 7.92. The first-order valence-corrected chi connectivity index (χ1v) is 5.54. The number of aromatic amines is 1. The lowest BCUT2D eigenvalue weighted by Crippen LogP contribution is -2.26. The second-order valence-corrected chi connectivity index (χ2v) is 3.80. The molecule has 2 N–H and O–H groups in total. The van der Waals surface area contributed by atoms with Gasteiger partial charge in [-0.25, -0.2) is 4.98 Å². The highest BCUT2D eigenvalue weighted by atomic mass is 16.5. The van der Waals surface area contributed by atoms with Gasteiger partial charge in [0.15, 0.2) is 0 Å². The Labute approximate surface area is 100 Å². The van der Waals surface area contributed by atoms with E-state index in [1.165, 1.54) is 0 Å². The Morgan fingerprint density at radius 1 is 1.35 bits per heavy atom. The van der Waals surface area contributed by atoms with E-state index in [1.54, 1.807) is 14.2 Å². The Morgan fingerprint density at radius 3 is 2.88 bits per heavy atom. The molecule has 0 bridgehead atoms. The van der Waals surface area contributed by atoms with Crippen molar-refractivity contribution in [2.24, 2.45) is 0 Å². The van der Waals surface area contributed by atoms with Crippen molar-refractivity contribution >= 4 is 17.0 Å². The molecule has 0 amide bonds. The number of H-pyrrole nitrogens is 1. The van der Waals surface area contributed by atoms with Gasteiger partial charge in [0, 0.05) is 20.8 Å². The normalized spacial score (nSPS) is 12.8. The van der Waals surface area contributed by atoms with Gasteiger partial charge in [-0.2, -0.15) is 0 Å². The summed E-state index contributed by atoms with van der Waals surface area (Å²) in [4.78, 5) is 7.61. The van der Waals surface area contributed by atoms with E-state index in [0.29, 0.717) is 13.2 Å². The third kappa shape index (κ3) is 2.95. The average molecular weight is 235 g/mol. The average Bonchev–Trinajstić information content (AvgIpc) is 2.77. The maximum Gasteiger partial charge on any atom is 0.201 e. The number of hydrogen-bond donors (Lipinski definition) is 2. The fourth-order valence-corrected chi connectivity index (χ4v) is 1.64. The lowest BCUT2D eigenvalue weighted by Gasteiger charge is -2.14. The summed E-state index contributed by atoms with van der Waals surface area (Å²) in [5, 5.41) is 3.20. The van der Waals surface area contributed by atoms with Gasteiger partial charge in [-0.15, -0.1) is 0 Å². The van der Waals surface area contributed by atoms with Crippen LogP contribution in [0.2, 0.25) is 0 Å². The number of benzene rings is 1. The maximum atomic E-state index is 5.26. The molecule has 1 atom stereocenters. The molecule has 0 radical (unpaired) electrons. The number of imidazole rings is 1. The molecule has 0 aliphatic rings. The molecule has 17 heavy (non-hydrogen) atoms. The van der Waals surface area contributed by atoms with Crippen LogP contribution >= 0.6 is 0 Å². The number of nitrogens with zero attached hydrogens (tertiary/aromatic N) is 1. The van der Waals surface area contributed by atoms with E-state index in [9.17, 15) is 0 Å². The van der Waals surface area contributed by atoms with Crippen molar-refractivity contribution in [3.63, 3.8) is 0 Å². The molecule has 1 aromatic heterocycles. The molecule has 0 fully saturated rings. The van der Waals surface area contributed by atoms with Crippen molar-refractivity contribution in [2.45, 2.75) is 6.10 Å². The van der Waals surface area contributed by atoms with Crippen molar-refractivity contribution in [2.75, 3.05) is 32.7 Å². The molecule has 5 nitrogen and oxygen atoms in total. The summed E-state index contributed by atoms with van der Waals surface area (Å²) in [5.74, 6) is 0.754. The van der Waals surface area contributed by atoms with Crippen molar-refractivity contribution in [1.29, 1.82) is 0 Å². The van der Waals surface area contributed by atoms with E-state index in [-0.39, 0.29) is 6.10 Å². The van der Waals surface area contributed by atoms with Crippen LogP contribution < -0.4 is 5.32 Å². The van der Waals surface area contributed by atoms with Crippen LogP contribution in [0.3, 0.4) is 0 Å². The van der Waals surface area contributed by atoms with Gasteiger partial charge >= 0.3 is 0 Å². The topological polar surface area (TPSA) is 59.2 Å². The van der Waals surface area contributed by atoms with E-state index in [1.807, 2.05) is 24.3 Å². The maximum absolute atomic E-state index is 5.26. The number of para-hydroxylation sites is 2. The highest BCUT2D eigenvalue weighted by molar-refractivity contribution is 5.77. The Bertz CT molecular complexity index is 436. The number of aromatic nitrogens is 2. The first-order chi connectivity index (χ1) is 8.33. The molecule has 0 aliphatic carbocycles. The van der Waals surface area contributed by atoms with Gasteiger partial charge < -0.3 is 19.8 Å².